The third-order valence-electron chi connectivity index (χ3n) is 4.52. The van der Waals surface area contributed by atoms with E-state index in [0.717, 1.165) is 27.9 Å². The first kappa shape index (κ1) is 16.8. The van der Waals surface area contributed by atoms with Gasteiger partial charge in [0.2, 0.25) is 0 Å². The summed E-state index contributed by atoms with van der Waals surface area (Å²) in [4.78, 5) is 13.1. The normalized spacial score (nSPS) is 10.4. The molecule has 0 saturated heterocycles. The molecule has 2 nitrogen and oxygen atoms in total. The molecule has 0 aromatic heterocycles. The number of rotatable bonds is 4. The zero-order valence-corrected chi connectivity index (χ0v) is 14.8. The molecule has 0 heterocycles. The van der Waals surface area contributed by atoms with Crippen molar-refractivity contribution in [1.82, 2.24) is 0 Å². The number of anilines is 1. The highest BCUT2D eigenvalue weighted by Crippen LogP contribution is 2.29. The quantitative estimate of drug-likeness (QED) is 0.462. The summed E-state index contributed by atoms with van der Waals surface area (Å²) in [7, 11) is 0. The Hall–Kier alpha value is -3.65. The van der Waals surface area contributed by atoms with Gasteiger partial charge in [0.05, 0.1) is 0 Å². The molecule has 4 rings (SSSR count). The maximum atomic E-state index is 13.1. The van der Waals surface area contributed by atoms with Crippen LogP contribution in [-0.4, -0.2) is 5.91 Å². The van der Waals surface area contributed by atoms with Crippen molar-refractivity contribution in [1.29, 1.82) is 0 Å². The largest absolute Gasteiger partial charge is 0.321 e. The van der Waals surface area contributed by atoms with Crippen LogP contribution in [0.1, 0.15) is 10.4 Å². The number of carbonyl (C=O) groups is 1. The molecule has 0 aliphatic rings. The van der Waals surface area contributed by atoms with E-state index in [0.29, 0.717) is 5.56 Å². The van der Waals surface area contributed by atoms with Crippen LogP contribution in [0.15, 0.2) is 109 Å². The van der Waals surface area contributed by atoms with Crippen molar-refractivity contribution in [3.63, 3.8) is 0 Å². The molecule has 0 radical (unpaired) electrons. The molecular weight excluding hydrogens is 330 g/mol. The molecule has 0 saturated carbocycles. The fraction of sp³-hybridized carbons (Fsp3) is 0. The van der Waals surface area contributed by atoms with Crippen LogP contribution >= 0.6 is 0 Å². The summed E-state index contributed by atoms with van der Waals surface area (Å²) >= 11 is 0. The lowest BCUT2D eigenvalue weighted by Gasteiger charge is -2.13. The third-order valence-corrected chi connectivity index (χ3v) is 4.52. The topological polar surface area (TPSA) is 29.1 Å². The molecule has 0 unspecified atom stereocenters. The smallest absolute Gasteiger partial charge is 0.256 e. The summed E-state index contributed by atoms with van der Waals surface area (Å²) in [6, 6.07) is 35.6. The average molecular weight is 349 g/mol. The van der Waals surface area contributed by atoms with Crippen LogP contribution in [-0.2, 0) is 0 Å². The minimum atomic E-state index is -0.113. The van der Waals surface area contributed by atoms with Gasteiger partial charge in [-0.15, -0.1) is 0 Å². The van der Waals surface area contributed by atoms with E-state index in [-0.39, 0.29) is 5.91 Å². The first-order valence-electron chi connectivity index (χ1n) is 8.93. The van der Waals surface area contributed by atoms with Crippen LogP contribution in [0.4, 0.5) is 5.69 Å². The maximum Gasteiger partial charge on any atom is 0.256 e. The summed E-state index contributed by atoms with van der Waals surface area (Å²) in [5, 5.41) is 3.10. The van der Waals surface area contributed by atoms with E-state index < -0.39 is 0 Å². The number of nitrogens with one attached hydrogen (secondary N) is 1. The van der Waals surface area contributed by atoms with Crippen molar-refractivity contribution in [3.8, 4) is 22.3 Å². The monoisotopic (exact) mass is 349 g/mol. The number of hydrogen-bond donors (Lipinski definition) is 1. The zero-order valence-electron chi connectivity index (χ0n) is 14.8. The fourth-order valence-electron chi connectivity index (χ4n) is 3.20. The molecule has 4 aromatic carbocycles. The zero-order chi connectivity index (χ0) is 18.5. The second-order valence-electron chi connectivity index (χ2n) is 6.28. The lowest BCUT2D eigenvalue weighted by atomic mass is 9.98. The summed E-state index contributed by atoms with van der Waals surface area (Å²) in [5.74, 6) is -0.113. The molecule has 1 N–H and O–H groups in total. The molecule has 1 amide bonds. The molecule has 0 aliphatic carbocycles. The molecule has 0 spiro atoms. The van der Waals surface area contributed by atoms with Gasteiger partial charge in [0.1, 0.15) is 0 Å². The van der Waals surface area contributed by atoms with Gasteiger partial charge in [-0.25, -0.2) is 0 Å². The van der Waals surface area contributed by atoms with Gasteiger partial charge in [-0.05, 0) is 28.8 Å². The molecule has 4 aromatic rings. The number of hydrogen-bond acceptors (Lipinski definition) is 1. The van der Waals surface area contributed by atoms with Crippen LogP contribution in [0.5, 0.6) is 0 Å². The first-order valence-corrected chi connectivity index (χ1v) is 8.93. The highest BCUT2D eigenvalue weighted by atomic mass is 16.1. The predicted molar refractivity (Wildman–Crippen MR) is 112 cm³/mol. The molecule has 130 valence electrons. The summed E-state index contributed by atoms with van der Waals surface area (Å²) < 4.78 is 0. The predicted octanol–water partition coefficient (Wildman–Crippen LogP) is 6.27. The number of para-hydroxylation sites is 1. The van der Waals surface area contributed by atoms with Crippen molar-refractivity contribution in [2.24, 2.45) is 0 Å². The Morgan fingerprint density at radius 3 is 1.67 bits per heavy atom. The van der Waals surface area contributed by atoms with Crippen LogP contribution in [0.2, 0.25) is 0 Å². The molecule has 0 aliphatic heterocycles. The molecule has 2 heteroatoms. The van der Waals surface area contributed by atoms with Gasteiger partial charge in [0, 0.05) is 16.8 Å². The van der Waals surface area contributed by atoms with Gasteiger partial charge in [-0.2, -0.15) is 0 Å². The maximum absolute atomic E-state index is 13.1. The van der Waals surface area contributed by atoms with Crippen molar-refractivity contribution >= 4 is 11.6 Å². The second-order valence-corrected chi connectivity index (χ2v) is 6.28. The first-order chi connectivity index (χ1) is 13.3. The number of carbonyl (C=O) groups excluding carboxylic acids is 1. The van der Waals surface area contributed by atoms with Crippen molar-refractivity contribution < 1.29 is 4.79 Å². The van der Waals surface area contributed by atoms with Gasteiger partial charge in [0.15, 0.2) is 0 Å². The lowest BCUT2D eigenvalue weighted by Crippen LogP contribution is -2.13. The highest BCUT2D eigenvalue weighted by molar-refractivity contribution is 6.10. The summed E-state index contributed by atoms with van der Waals surface area (Å²) in [5.41, 5.74) is 5.49. The van der Waals surface area contributed by atoms with Gasteiger partial charge in [-0.1, -0.05) is 97.1 Å². The van der Waals surface area contributed by atoms with Crippen LogP contribution in [0.25, 0.3) is 22.3 Å². The van der Waals surface area contributed by atoms with Crippen LogP contribution < -0.4 is 5.32 Å². The van der Waals surface area contributed by atoms with E-state index in [4.69, 9.17) is 0 Å². The van der Waals surface area contributed by atoms with E-state index >= 15 is 0 Å². The Morgan fingerprint density at radius 2 is 1.00 bits per heavy atom. The second kappa shape index (κ2) is 7.71. The Bertz CT molecular complexity index is 1060. The molecule has 27 heavy (non-hydrogen) atoms. The van der Waals surface area contributed by atoms with E-state index in [1.54, 1.807) is 0 Å². The van der Waals surface area contributed by atoms with Crippen LogP contribution in [0.3, 0.4) is 0 Å². The summed E-state index contributed by atoms with van der Waals surface area (Å²) in [6.07, 6.45) is 0. The molecule has 0 fully saturated rings. The van der Waals surface area contributed by atoms with E-state index in [2.05, 4.69) is 5.32 Å². The standard InChI is InChI=1S/C25H19NO/c27-25(23-17-8-7-15-21(23)19-11-3-1-4-12-19)26-24-18-10-9-16-22(24)20-13-5-2-6-14-20/h1-18H,(H,26,27). The lowest BCUT2D eigenvalue weighted by molar-refractivity contribution is 0.102. The van der Waals surface area contributed by atoms with Gasteiger partial charge in [-0.3, -0.25) is 4.79 Å². The number of amides is 1. The minimum Gasteiger partial charge on any atom is -0.321 e. The van der Waals surface area contributed by atoms with Crippen LogP contribution in [0, 0.1) is 0 Å². The van der Waals surface area contributed by atoms with E-state index in [1.807, 2.05) is 109 Å². The van der Waals surface area contributed by atoms with Crippen molar-refractivity contribution in [3.05, 3.63) is 115 Å². The van der Waals surface area contributed by atoms with Gasteiger partial charge < -0.3 is 5.32 Å². The number of benzene rings is 4. The summed E-state index contributed by atoms with van der Waals surface area (Å²) in [6.45, 7) is 0. The van der Waals surface area contributed by atoms with Gasteiger partial charge >= 0.3 is 0 Å². The molecule has 0 atom stereocenters. The molecule has 0 bridgehead atoms. The van der Waals surface area contributed by atoms with Crippen molar-refractivity contribution in [2.75, 3.05) is 5.32 Å². The average Bonchev–Trinajstić information content (AvgIpc) is 2.75. The van der Waals surface area contributed by atoms with Gasteiger partial charge in [0.25, 0.3) is 5.91 Å². The fourth-order valence-corrected chi connectivity index (χ4v) is 3.20. The SMILES string of the molecule is O=C(Nc1ccccc1-c1ccccc1)c1ccccc1-c1ccccc1. The third kappa shape index (κ3) is 3.65. The molecular formula is C25H19NO. The van der Waals surface area contributed by atoms with E-state index in [1.165, 1.54) is 0 Å². The minimum absolute atomic E-state index is 0.113. The highest BCUT2D eigenvalue weighted by Gasteiger charge is 2.14. The Morgan fingerprint density at radius 1 is 0.519 bits per heavy atom. The van der Waals surface area contributed by atoms with E-state index in [9.17, 15) is 4.79 Å². The Balaban J connectivity index is 1.69. The van der Waals surface area contributed by atoms with Crippen molar-refractivity contribution in [2.45, 2.75) is 0 Å². The Labute approximate surface area is 159 Å². The Kier molecular flexibility index (Phi) is 4.80.